The van der Waals surface area contributed by atoms with Gasteiger partial charge >= 0.3 is 12.1 Å². The summed E-state index contributed by atoms with van der Waals surface area (Å²) in [6.45, 7) is 1.33. The molecule has 1 amide bonds. The van der Waals surface area contributed by atoms with Crippen LogP contribution in [0.5, 0.6) is 5.75 Å². The minimum Gasteiger partial charge on any atom is -0.507 e. The van der Waals surface area contributed by atoms with Crippen LogP contribution in [-0.2, 0) is 6.18 Å². The lowest BCUT2D eigenvalue weighted by Crippen LogP contribution is -2.14. The topological polar surface area (TPSA) is 86.6 Å². The minimum atomic E-state index is -4.74. The Bertz CT molecular complexity index is 1200. The Hall–Kier alpha value is -3.47. The van der Waals surface area contributed by atoms with Crippen LogP contribution in [0.15, 0.2) is 35.7 Å². The van der Waals surface area contributed by atoms with Crippen LogP contribution in [0.4, 0.5) is 27.0 Å². The minimum absolute atomic E-state index is 0.0136. The number of aromatic hydroxyl groups is 1. The molecule has 0 fully saturated rings. The first-order chi connectivity index (χ1) is 14.4. The zero-order valence-corrected chi connectivity index (χ0v) is 16.3. The number of amides is 1. The number of carboxylic acids is 1. The third kappa shape index (κ3) is 4.22. The summed E-state index contributed by atoms with van der Waals surface area (Å²) in [5, 5.41) is 22.4. The number of phenols is 1. The largest absolute Gasteiger partial charge is 0.507 e. The summed E-state index contributed by atoms with van der Waals surface area (Å²) in [4.78, 5) is 24.2. The van der Waals surface area contributed by atoms with Crippen LogP contribution >= 0.6 is 11.3 Å². The molecule has 3 aromatic rings. The van der Waals surface area contributed by atoms with Crippen LogP contribution in [0, 0.1) is 18.6 Å². The number of thiophene rings is 1. The van der Waals surface area contributed by atoms with Crippen molar-refractivity contribution >= 4 is 28.2 Å². The Labute approximate surface area is 175 Å². The predicted molar refractivity (Wildman–Crippen MR) is 102 cm³/mol. The Balaban J connectivity index is 1.99. The second kappa shape index (κ2) is 7.99. The number of aromatic carboxylic acids is 1. The third-order valence-corrected chi connectivity index (χ3v) is 5.26. The molecule has 0 aliphatic heterocycles. The summed E-state index contributed by atoms with van der Waals surface area (Å²) in [6.07, 6.45) is -4.74. The van der Waals surface area contributed by atoms with Gasteiger partial charge in [0, 0.05) is 16.5 Å². The van der Waals surface area contributed by atoms with Crippen molar-refractivity contribution in [3.8, 4) is 16.9 Å². The molecule has 0 atom stereocenters. The molecule has 0 saturated carbocycles. The van der Waals surface area contributed by atoms with Gasteiger partial charge in [-0.1, -0.05) is 12.1 Å². The number of aryl methyl sites for hydroxylation is 1. The number of alkyl halides is 3. The second-order valence-corrected chi connectivity index (χ2v) is 7.28. The molecule has 5 nitrogen and oxygen atoms in total. The zero-order valence-electron chi connectivity index (χ0n) is 15.5. The molecular weight excluding hydrogens is 445 g/mol. The number of benzene rings is 2. The number of anilines is 1. The lowest BCUT2D eigenvalue weighted by atomic mass is 10.0. The van der Waals surface area contributed by atoms with Crippen molar-refractivity contribution < 1.29 is 41.8 Å². The molecule has 3 N–H and O–H groups in total. The number of nitrogens with one attached hydrogen (secondary N) is 1. The number of carbonyl (C=O) groups is 2. The maximum Gasteiger partial charge on any atom is 0.416 e. The van der Waals surface area contributed by atoms with Crippen molar-refractivity contribution in [2.75, 3.05) is 5.32 Å². The maximum absolute atomic E-state index is 14.3. The fourth-order valence-electron chi connectivity index (χ4n) is 2.78. The molecule has 1 heterocycles. The number of hydrogen-bond acceptors (Lipinski definition) is 4. The van der Waals surface area contributed by atoms with Gasteiger partial charge in [0.25, 0.3) is 5.91 Å². The standard InChI is InChI=1S/C20H12F5NO4S/c1-8-2-4-10(16(22)15(8)21)12-7-31-18(14(12)19(29)30)26-17(28)11-5-3-9(6-13(11)27)20(23,24)25/h2-7,27H,1H3,(H,26,28)(H,29,30). The third-order valence-electron chi connectivity index (χ3n) is 4.37. The van der Waals surface area contributed by atoms with Crippen LogP contribution in [0.1, 0.15) is 31.8 Å². The van der Waals surface area contributed by atoms with Gasteiger partial charge in [-0.2, -0.15) is 13.2 Å². The highest BCUT2D eigenvalue weighted by atomic mass is 32.1. The molecule has 3 rings (SSSR count). The molecule has 0 aliphatic rings. The Kier molecular flexibility index (Phi) is 5.72. The molecule has 0 radical (unpaired) electrons. The lowest BCUT2D eigenvalue weighted by molar-refractivity contribution is -0.137. The summed E-state index contributed by atoms with van der Waals surface area (Å²) < 4.78 is 66.4. The number of rotatable bonds is 4. The van der Waals surface area contributed by atoms with Gasteiger partial charge < -0.3 is 15.5 Å². The van der Waals surface area contributed by atoms with E-state index in [0.29, 0.717) is 23.5 Å². The quantitative estimate of drug-likeness (QED) is 0.440. The van der Waals surface area contributed by atoms with Gasteiger partial charge in [-0.15, -0.1) is 11.3 Å². The number of halogens is 5. The van der Waals surface area contributed by atoms with Crippen LogP contribution in [0.25, 0.3) is 11.1 Å². The van der Waals surface area contributed by atoms with Crippen molar-refractivity contribution in [1.29, 1.82) is 0 Å². The van der Waals surface area contributed by atoms with Crippen LogP contribution in [-0.4, -0.2) is 22.1 Å². The van der Waals surface area contributed by atoms with E-state index in [1.54, 1.807) is 0 Å². The van der Waals surface area contributed by atoms with Gasteiger partial charge in [-0.3, -0.25) is 4.79 Å². The van der Waals surface area contributed by atoms with Crippen LogP contribution in [0.2, 0.25) is 0 Å². The van der Waals surface area contributed by atoms with Gasteiger partial charge in [0.15, 0.2) is 11.6 Å². The van der Waals surface area contributed by atoms with E-state index < -0.39 is 52.1 Å². The Morgan fingerprint density at radius 2 is 1.71 bits per heavy atom. The number of carbonyl (C=O) groups excluding carboxylic acids is 1. The summed E-state index contributed by atoms with van der Waals surface area (Å²) in [6, 6.07) is 4.12. The molecule has 0 unspecified atom stereocenters. The first kappa shape index (κ1) is 22.2. The molecule has 0 spiro atoms. The molecular formula is C20H12F5NO4S. The Morgan fingerprint density at radius 3 is 2.29 bits per heavy atom. The van der Waals surface area contributed by atoms with Crippen LogP contribution < -0.4 is 5.32 Å². The zero-order chi connectivity index (χ0) is 23.1. The van der Waals surface area contributed by atoms with Gasteiger partial charge in [-0.25, -0.2) is 13.6 Å². The number of carboxylic acid groups (broad SMARTS) is 1. The number of hydrogen-bond donors (Lipinski definition) is 3. The van der Waals surface area contributed by atoms with Gasteiger partial charge in [0.2, 0.25) is 0 Å². The summed E-state index contributed by atoms with van der Waals surface area (Å²) in [5.74, 6) is -6.02. The van der Waals surface area contributed by atoms with E-state index in [0.717, 1.165) is 6.07 Å². The molecule has 0 aliphatic carbocycles. The summed E-state index contributed by atoms with van der Waals surface area (Å²) in [5.41, 5.74) is -2.77. The number of phenolic OH excluding ortho intramolecular Hbond substituents is 1. The molecule has 0 saturated heterocycles. The Morgan fingerprint density at radius 1 is 1.03 bits per heavy atom. The predicted octanol–water partition coefficient (Wildman–Crippen LogP) is 5.68. The monoisotopic (exact) mass is 457 g/mol. The van der Waals surface area contributed by atoms with E-state index in [9.17, 15) is 41.8 Å². The average molecular weight is 457 g/mol. The highest BCUT2D eigenvalue weighted by Gasteiger charge is 2.32. The molecule has 31 heavy (non-hydrogen) atoms. The highest BCUT2D eigenvalue weighted by molar-refractivity contribution is 7.15. The van der Waals surface area contributed by atoms with Crippen molar-refractivity contribution in [2.45, 2.75) is 13.1 Å². The second-order valence-electron chi connectivity index (χ2n) is 6.40. The molecule has 2 aromatic carbocycles. The van der Waals surface area contributed by atoms with E-state index in [2.05, 4.69) is 5.32 Å². The SMILES string of the molecule is Cc1ccc(-c2csc(NC(=O)c3ccc(C(F)(F)F)cc3O)c2C(=O)O)c(F)c1F. The van der Waals surface area contributed by atoms with Gasteiger partial charge in [0.1, 0.15) is 16.3 Å². The van der Waals surface area contributed by atoms with E-state index in [1.165, 1.54) is 24.4 Å². The van der Waals surface area contributed by atoms with Crippen molar-refractivity contribution in [3.05, 3.63) is 69.6 Å². The van der Waals surface area contributed by atoms with Crippen molar-refractivity contribution in [3.63, 3.8) is 0 Å². The van der Waals surface area contributed by atoms with Gasteiger partial charge in [-0.05, 0) is 30.7 Å². The van der Waals surface area contributed by atoms with Crippen molar-refractivity contribution in [1.82, 2.24) is 0 Å². The maximum atomic E-state index is 14.3. The van der Waals surface area contributed by atoms with E-state index >= 15 is 0 Å². The van der Waals surface area contributed by atoms with Crippen molar-refractivity contribution in [2.24, 2.45) is 0 Å². The van der Waals surface area contributed by atoms with Crippen LogP contribution in [0.3, 0.4) is 0 Å². The van der Waals surface area contributed by atoms with E-state index in [4.69, 9.17) is 0 Å². The first-order valence-electron chi connectivity index (χ1n) is 8.43. The highest BCUT2D eigenvalue weighted by Crippen LogP contribution is 2.38. The normalized spacial score (nSPS) is 11.4. The fraction of sp³-hybridized carbons (Fsp3) is 0.100. The van der Waals surface area contributed by atoms with E-state index in [1.807, 2.05) is 0 Å². The smallest absolute Gasteiger partial charge is 0.416 e. The lowest BCUT2D eigenvalue weighted by Gasteiger charge is -2.11. The molecule has 11 heteroatoms. The molecule has 162 valence electrons. The van der Waals surface area contributed by atoms with Gasteiger partial charge in [0.05, 0.1) is 11.1 Å². The van der Waals surface area contributed by atoms with E-state index in [-0.39, 0.29) is 21.7 Å². The molecule has 0 bridgehead atoms. The average Bonchev–Trinajstić information content (AvgIpc) is 3.08. The summed E-state index contributed by atoms with van der Waals surface area (Å²) >= 11 is 0.691. The fourth-order valence-corrected chi connectivity index (χ4v) is 3.73. The molecule has 1 aromatic heterocycles. The first-order valence-corrected chi connectivity index (χ1v) is 9.31. The summed E-state index contributed by atoms with van der Waals surface area (Å²) in [7, 11) is 0.